The molecule has 0 bridgehead atoms. The van der Waals surface area contributed by atoms with Crippen molar-refractivity contribution in [2.45, 2.75) is 31.6 Å². The lowest BCUT2D eigenvalue weighted by atomic mass is 10.1. The number of fused-ring (bicyclic) bond motifs is 1. The Labute approximate surface area is 194 Å². The fourth-order valence-electron chi connectivity index (χ4n) is 3.16. The number of hydrazone groups is 1. The largest absolute Gasteiger partial charge is 0.504 e. The van der Waals surface area contributed by atoms with E-state index in [4.69, 9.17) is 9.47 Å². The van der Waals surface area contributed by atoms with Crippen LogP contribution in [0.1, 0.15) is 37.8 Å². The number of sulfonamides is 1. The van der Waals surface area contributed by atoms with Gasteiger partial charge in [-0.05, 0) is 60.7 Å². The van der Waals surface area contributed by atoms with Gasteiger partial charge in [-0.2, -0.15) is 13.5 Å². The average molecular weight is 476 g/mol. The fraction of sp³-hybridized carbons (Fsp3) is 0.391. The minimum atomic E-state index is -3.87. The Kier molecular flexibility index (Phi) is 7.93. The first-order valence-electron chi connectivity index (χ1n) is 10.7. The molecule has 2 N–H and O–H groups in total. The second kappa shape index (κ2) is 10.7. The summed E-state index contributed by atoms with van der Waals surface area (Å²) in [4.78, 5) is 0.0872. The third kappa shape index (κ3) is 6.02. The number of nitrogens with zero attached hydrogens (tertiary/aromatic N) is 3. The smallest absolute Gasteiger partial charge is 0.285 e. The summed E-state index contributed by atoms with van der Waals surface area (Å²) in [5.41, 5.74) is 1.03. The number of hydrogen-bond donors (Lipinski definition) is 2. The Morgan fingerprint density at radius 2 is 2.00 bits per heavy atom. The van der Waals surface area contributed by atoms with E-state index in [0.717, 1.165) is 6.42 Å². The van der Waals surface area contributed by atoms with Crippen molar-refractivity contribution in [2.24, 2.45) is 15.4 Å². The second-order valence-electron chi connectivity index (χ2n) is 7.96. The molecule has 0 spiro atoms. The molecule has 1 aliphatic heterocycles. The van der Waals surface area contributed by atoms with E-state index in [0.29, 0.717) is 35.8 Å². The second-order valence-corrected chi connectivity index (χ2v) is 9.53. The fourth-order valence-corrected chi connectivity index (χ4v) is 4.35. The monoisotopic (exact) mass is 475 g/mol. The Balaban J connectivity index is 1.93. The molecule has 0 radical (unpaired) electrons. The molecule has 0 saturated heterocycles. The van der Waals surface area contributed by atoms with E-state index < -0.39 is 10.0 Å². The van der Waals surface area contributed by atoms with E-state index in [9.17, 15) is 18.6 Å². The van der Waals surface area contributed by atoms with Gasteiger partial charge in [0.1, 0.15) is 10.6 Å². The number of aliphatic hydroxyl groups is 1. The molecule has 33 heavy (non-hydrogen) atoms. The molecule has 9 nitrogen and oxygen atoms in total. The van der Waals surface area contributed by atoms with E-state index >= 15 is 0 Å². The molecule has 0 unspecified atom stereocenters. The highest BCUT2D eigenvalue weighted by Crippen LogP contribution is 2.31. The highest BCUT2D eigenvalue weighted by Gasteiger charge is 2.32. The van der Waals surface area contributed by atoms with Gasteiger partial charge in [-0.1, -0.05) is 13.8 Å². The van der Waals surface area contributed by atoms with Crippen molar-refractivity contribution in [1.82, 2.24) is 5.01 Å². The molecular weight excluding hydrogens is 446 g/mol. The number of phenols is 1. The molecule has 1 heterocycles. The number of rotatable bonds is 10. The molecule has 0 saturated carbocycles. The van der Waals surface area contributed by atoms with E-state index in [2.05, 4.69) is 23.3 Å². The highest BCUT2D eigenvalue weighted by molar-refractivity contribution is 7.90. The normalized spacial score (nSPS) is 14.4. The highest BCUT2D eigenvalue weighted by atomic mass is 32.2. The number of aliphatic hydroxyl groups excluding tert-OH is 1. The van der Waals surface area contributed by atoms with Crippen molar-refractivity contribution in [3.63, 3.8) is 0 Å². The predicted octanol–water partition coefficient (Wildman–Crippen LogP) is 2.99. The topological polar surface area (TPSA) is 121 Å². The van der Waals surface area contributed by atoms with Gasteiger partial charge in [-0.15, -0.1) is 4.40 Å². The van der Waals surface area contributed by atoms with Crippen LogP contribution in [0.4, 0.5) is 0 Å². The van der Waals surface area contributed by atoms with Gasteiger partial charge >= 0.3 is 0 Å². The van der Waals surface area contributed by atoms with Crippen molar-refractivity contribution in [3.8, 4) is 17.2 Å². The third-order valence-corrected chi connectivity index (χ3v) is 6.29. The lowest BCUT2D eigenvalue weighted by molar-refractivity contribution is 0.269. The molecule has 0 aliphatic carbocycles. The minimum absolute atomic E-state index is 0.00280. The maximum Gasteiger partial charge on any atom is 0.285 e. The zero-order chi connectivity index (χ0) is 24.0. The molecule has 2 aromatic rings. The summed E-state index contributed by atoms with van der Waals surface area (Å²) in [5, 5.41) is 25.0. The van der Waals surface area contributed by atoms with Crippen LogP contribution >= 0.6 is 0 Å². The summed E-state index contributed by atoms with van der Waals surface area (Å²) >= 11 is 0. The summed E-state index contributed by atoms with van der Waals surface area (Å²) in [5.74, 6) is 1.48. The third-order valence-electron chi connectivity index (χ3n) is 4.96. The van der Waals surface area contributed by atoms with Crippen molar-refractivity contribution >= 4 is 22.1 Å². The Bertz CT molecular complexity index is 1140. The zero-order valence-corrected chi connectivity index (χ0v) is 19.7. The van der Waals surface area contributed by atoms with Gasteiger partial charge in [0.05, 0.1) is 19.9 Å². The van der Waals surface area contributed by atoms with Crippen LogP contribution in [0, 0.1) is 5.92 Å². The quantitative estimate of drug-likeness (QED) is 0.400. The molecule has 0 aromatic heterocycles. The zero-order valence-electron chi connectivity index (χ0n) is 18.9. The molecule has 3 rings (SSSR count). The van der Waals surface area contributed by atoms with Gasteiger partial charge in [0, 0.05) is 18.7 Å². The molecule has 1 aliphatic rings. The van der Waals surface area contributed by atoms with E-state index in [1.54, 1.807) is 24.3 Å². The Morgan fingerprint density at radius 1 is 1.21 bits per heavy atom. The van der Waals surface area contributed by atoms with Gasteiger partial charge < -0.3 is 19.7 Å². The van der Waals surface area contributed by atoms with E-state index in [1.165, 1.54) is 30.5 Å². The van der Waals surface area contributed by atoms with Crippen LogP contribution in [-0.2, 0) is 10.0 Å². The molecular formula is C23H29N3O6S. The van der Waals surface area contributed by atoms with Gasteiger partial charge in [-0.25, -0.2) is 5.01 Å². The standard InChI is InChI=1S/C23H29N3O6S/c1-16(2)9-12-32-18-6-8-22-19(14-18)23(25-33(22,29)30)26(10-4-11-27)24-15-17-5-7-20(28)21(13-17)31-3/h5-8,13-16,27-28H,4,9-12H2,1-3H3/b24-15+. The molecule has 2 aromatic carbocycles. The first kappa shape index (κ1) is 24.5. The van der Waals surface area contributed by atoms with Crippen LogP contribution in [-0.4, -0.2) is 62.6 Å². The van der Waals surface area contributed by atoms with Gasteiger partial charge in [-0.3, -0.25) is 0 Å². The van der Waals surface area contributed by atoms with Crippen LogP contribution in [0.25, 0.3) is 0 Å². The number of ether oxygens (including phenoxy) is 2. The van der Waals surface area contributed by atoms with Gasteiger partial charge in [0.25, 0.3) is 10.0 Å². The van der Waals surface area contributed by atoms with Crippen molar-refractivity contribution < 1.29 is 28.1 Å². The van der Waals surface area contributed by atoms with E-state index in [-0.39, 0.29) is 35.4 Å². The molecule has 0 fully saturated rings. The van der Waals surface area contributed by atoms with E-state index in [1.807, 2.05) is 0 Å². The molecule has 10 heteroatoms. The van der Waals surface area contributed by atoms with Gasteiger partial charge in [0.2, 0.25) is 0 Å². The molecule has 0 amide bonds. The van der Waals surface area contributed by atoms with Crippen LogP contribution in [0.2, 0.25) is 0 Å². The summed E-state index contributed by atoms with van der Waals surface area (Å²) in [6.07, 6.45) is 2.74. The summed E-state index contributed by atoms with van der Waals surface area (Å²) in [6, 6.07) is 9.50. The lowest BCUT2D eigenvalue weighted by Gasteiger charge is -2.19. The average Bonchev–Trinajstić information content (AvgIpc) is 3.04. The SMILES string of the molecule is COc1cc(/C=N/N(CCCO)C2=NS(=O)(=O)c3ccc(OCCC(C)C)cc32)ccc1O. The molecule has 178 valence electrons. The first-order chi connectivity index (χ1) is 15.7. The maximum absolute atomic E-state index is 12.7. The lowest BCUT2D eigenvalue weighted by Crippen LogP contribution is -2.27. The number of aromatic hydroxyl groups is 1. The summed E-state index contributed by atoms with van der Waals surface area (Å²) in [6.45, 7) is 4.87. The molecule has 0 atom stereocenters. The maximum atomic E-state index is 12.7. The van der Waals surface area contributed by atoms with Crippen LogP contribution in [0.15, 0.2) is 50.8 Å². The number of amidine groups is 1. The van der Waals surface area contributed by atoms with Crippen LogP contribution in [0.3, 0.4) is 0 Å². The number of methoxy groups -OCH3 is 1. The Morgan fingerprint density at radius 3 is 2.70 bits per heavy atom. The number of phenolic OH excluding ortho intramolecular Hbond substituents is 1. The Hall–Kier alpha value is -3.11. The van der Waals surface area contributed by atoms with Crippen molar-refractivity contribution in [2.75, 3.05) is 26.9 Å². The van der Waals surface area contributed by atoms with Crippen molar-refractivity contribution in [1.29, 1.82) is 0 Å². The van der Waals surface area contributed by atoms with Crippen molar-refractivity contribution in [3.05, 3.63) is 47.5 Å². The van der Waals surface area contributed by atoms with Gasteiger partial charge in [0.15, 0.2) is 17.3 Å². The number of hydrogen-bond acceptors (Lipinski definition) is 8. The minimum Gasteiger partial charge on any atom is -0.504 e. The predicted molar refractivity (Wildman–Crippen MR) is 126 cm³/mol. The van der Waals surface area contributed by atoms with Crippen LogP contribution < -0.4 is 9.47 Å². The first-order valence-corrected chi connectivity index (χ1v) is 12.1. The van der Waals surface area contributed by atoms with Crippen LogP contribution in [0.5, 0.6) is 17.2 Å². The summed E-state index contributed by atoms with van der Waals surface area (Å²) < 4.78 is 40.2. The number of benzene rings is 2. The summed E-state index contributed by atoms with van der Waals surface area (Å²) in [7, 11) is -2.43.